The summed E-state index contributed by atoms with van der Waals surface area (Å²) in [6, 6.07) is 8.53. The standard InChI is InChI=1S/C22H27N3O4S/c26-22(25-21-8-11-23-15-24-21)20(14-16-9-12-29-13-10-16)17-4-6-19(7-5-17)30(27,28)18-2-1-3-18/h4-8,11,15-16,18,20H,1-3,9-10,12-14H2,(H,23,24,25,26). The van der Waals surface area contributed by atoms with Gasteiger partial charge in [0.25, 0.3) is 0 Å². The van der Waals surface area contributed by atoms with E-state index >= 15 is 0 Å². The van der Waals surface area contributed by atoms with Gasteiger partial charge in [0.2, 0.25) is 5.91 Å². The zero-order valence-electron chi connectivity index (χ0n) is 16.9. The third-order valence-electron chi connectivity index (χ3n) is 6.16. The molecule has 1 aliphatic heterocycles. The van der Waals surface area contributed by atoms with Crippen LogP contribution in [0.4, 0.5) is 5.82 Å². The number of ether oxygens (including phenoxy) is 1. The SMILES string of the molecule is O=C(Nc1ccncn1)C(CC1CCOCC1)c1ccc(S(=O)(=O)C2CCC2)cc1. The van der Waals surface area contributed by atoms with Gasteiger partial charge >= 0.3 is 0 Å². The van der Waals surface area contributed by atoms with Crippen LogP contribution in [0, 0.1) is 5.92 Å². The van der Waals surface area contributed by atoms with Crippen molar-refractivity contribution in [1.29, 1.82) is 0 Å². The monoisotopic (exact) mass is 429 g/mol. The average molecular weight is 430 g/mol. The minimum Gasteiger partial charge on any atom is -0.381 e. The molecule has 2 heterocycles. The maximum absolute atomic E-state index is 13.1. The summed E-state index contributed by atoms with van der Waals surface area (Å²) in [5.41, 5.74) is 0.820. The highest BCUT2D eigenvalue weighted by Crippen LogP contribution is 2.34. The average Bonchev–Trinajstić information content (AvgIpc) is 2.72. The summed E-state index contributed by atoms with van der Waals surface area (Å²) in [5, 5.41) is 2.61. The van der Waals surface area contributed by atoms with Gasteiger partial charge in [0.1, 0.15) is 12.1 Å². The lowest BCUT2D eigenvalue weighted by atomic mass is 9.84. The fraction of sp³-hybridized carbons (Fsp3) is 0.500. The van der Waals surface area contributed by atoms with E-state index in [1.54, 1.807) is 36.5 Å². The van der Waals surface area contributed by atoms with Crippen LogP contribution < -0.4 is 5.32 Å². The Morgan fingerprint density at radius 3 is 2.43 bits per heavy atom. The summed E-state index contributed by atoms with van der Waals surface area (Å²) in [6.45, 7) is 1.42. The van der Waals surface area contributed by atoms with Crippen LogP contribution >= 0.6 is 0 Å². The maximum Gasteiger partial charge on any atom is 0.233 e. The first-order chi connectivity index (χ1) is 14.5. The molecule has 1 saturated carbocycles. The Hall–Kier alpha value is -2.32. The van der Waals surface area contributed by atoms with Gasteiger partial charge in [-0.3, -0.25) is 4.79 Å². The van der Waals surface area contributed by atoms with E-state index in [-0.39, 0.29) is 17.1 Å². The molecule has 2 aliphatic rings. The molecule has 1 amide bonds. The van der Waals surface area contributed by atoms with E-state index in [0.29, 0.717) is 36.3 Å². The number of benzene rings is 1. The summed E-state index contributed by atoms with van der Waals surface area (Å²) in [6.07, 6.45) is 7.94. The third kappa shape index (κ3) is 4.70. The number of anilines is 1. The summed E-state index contributed by atoms with van der Waals surface area (Å²) < 4.78 is 30.8. The number of aromatic nitrogens is 2. The number of hydrogen-bond donors (Lipinski definition) is 1. The maximum atomic E-state index is 13.1. The van der Waals surface area contributed by atoms with E-state index in [1.807, 2.05) is 0 Å². The van der Waals surface area contributed by atoms with Crippen LogP contribution in [0.2, 0.25) is 0 Å². The Kier molecular flexibility index (Phi) is 6.43. The van der Waals surface area contributed by atoms with E-state index in [4.69, 9.17) is 4.74 Å². The molecule has 1 atom stereocenters. The lowest BCUT2D eigenvalue weighted by Crippen LogP contribution is -2.28. The molecule has 1 N–H and O–H groups in total. The van der Waals surface area contributed by atoms with Crippen molar-refractivity contribution in [3.8, 4) is 0 Å². The molecule has 1 aromatic heterocycles. The first kappa shape index (κ1) is 20.9. The highest BCUT2D eigenvalue weighted by molar-refractivity contribution is 7.92. The fourth-order valence-corrected chi connectivity index (χ4v) is 5.91. The Labute approximate surface area is 177 Å². The van der Waals surface area contributed by atoms with Crippen molar-refractivity contribution in [2.45, 2.75) is 54.6 Å². The Morgan fingerprint density at radius 2 is 1.83 bits per heavy atom. The Balaban J connectivity index is 1.55. The van der Waals surface area contributed by atoms with E-state index < -0.39 is 9.84 Å². The van der Waals surface area contributed by atoms with Crippen LogP contribution in [0.25, 0.3) is 0 Å². The molecule has 4 rings (SSSR count). The largest absolute Gasteiger partial charge is 0.381 e. The molecular weight excluding hydrogens is 402 g/mol. The van der Waals surface area contributed by atoms with Crippen LogP contribution in [0.5, 0.6) is 0 Å². The van der Waals surface area contributed by atoms with Crippen molar-refractivity contribution >= 4 is 21.6 Å². The highest BCUT2D eigenvalue weighted by atomic mass is 32.2. The molecule has 0 radical (unpaired) electrons. The molecule has 1 aliphatic carbocycles. The molecule has 2 aromatic rings. The van der Waals surface area contributed by atoms with Gasteiger partial charge < -0.3 is 10.1 Å². The van der Waals surface area contributed by atoms with Gasteiger partial charge in [-0.2, -0.15) is 0 Å². The second-order valence-corrected chi connectivity index (χ2v) is 10.3. The first-order valence-corrected chi connectivity index (χ1v) is 12.1. The zero-order chi connectivity index (χ0) is 21.0. The van der Waals surface area contributed by atoms with Gasteiger partial charge in [-0.15, -0.1) is 0 Å². The second kappa shape index (κ2) is 9.22. The number of nitrogens with one attached hydrogen (secondary N) is 1. The van der Waals surface area contributed by atoms with Crippen LogP contribution in [0.15, 0.2) is 47.8 Å². The fourth-order valence-electron chi connectivity index (χ4n) is 4.05. The number of nitrogens with zero attached hydrogens (tertiary/aromatic N) is 2. The van der Waals surface area contributed by atoms with Crippen LogP contribution in [-0.4, -0.2) is 42.8 Å². The van der Waals surface area contributed by atoms with Crippen molar-refractivity contribution in [2.75, 3.05) is 18.5 Å². The minimum atomic E-state index is -3.27. The second-order valence-electron chi connectivity index (χ2n) is 8.09. The molecule has 30 heavy (non-hydrogen) atoms. The molecule has 160 valence electrons. The van der Waals surface area contributed by atoms with Crippen molar-refractivity contribution in [2.24, 2.45) is 5.92 Å². The molecule has 2 fully saturated rings. The molecule has 8 heteroatoms. The predicted molar refractivity (Wildman–Crippen MR) is 113 cm³/mol. The Morgan fingerprint density at radius 1 is 1.10 bits per heavy atom. The lowest BCUT2D eigenvalue weighted by Gasteiger charge is -2.27. The highest BCUT2D eigenvalue weighted by Gasteiger charge is 2.33. The van der Waals surface area contributed by atoms with E-state index in [9.17, 15) is 13.2 Å². The van der Waals surface area contributed by atoms with Gasteiger partial charge in [0.15, 0.2) is 9.84 Å². The number of sulfone groups is 1. The molecule has 0 spiro atoms. The van der Waals surface area contributed by atoms with Gasteiger partial charge in [0.05, 0.1) is 16.1 Å². The molecule has 1 unspecified atom stereocenters. The summed E-state index contributed by atoms with van der Waals surface area (Å²) in [7, 11) is -3.27. The van der Waals surface area contributed by atoms with Crippen LogP contribution in [-0.2, 0) is 19.4 Å². The van der Waals surface area contributed by atoms with E-state index in [1.165, 1.54) is 6.33 Å². The normalized spacial score (nSPS) is 19.1. The summed E-state index contributed by atoms with van der Waals surface area (Å²) in [5.74, 6) is 0.313. The van der Waals surface area contributed by atoms with Crippen LogP contribution in [0.3, 0.4) is 0 Å². The van der Waals surface area contributed by atoms with Crippen molar-refractivity contribution in [3.05, 3.63) is 48.4 Å². The smallest absolute Gasteiger partial charge is 0.233 e. The predicted octanol–water partition coefficient (Wildman–Crippen LogP) is 3.34. The van der Waals surface area contributed by atoms with E-state index in [0.717, 1.165) is 37.7 Å². The first-order valence-electron chi connectivity index (χ1n) is 10.5. The number of carbonyl (C=O) groups excluding carboxylic acids is 1. The molecule has 0 bridgehead atoms. The Bertz CT molecular complexity index is 954. The van der Waals surface area contributed by atoms with Gasteiger partial charge in [0, 0.05) is 19.4 Å². The van der Waals surface area contributed by atoms with Gasteiger partial charge in [-0.25, -0.2) is 18.4 Å². The molecule has 1 saturated heterocycles. The minimum absolute atomic E-state index is 0.144. The number of carbonyl (C=O) groups is 1. The number of amides is 1. The van der Waals surface area contributed by atoms with Crippen molar-refractivity contribution in [3.63, 3.8) is 0 Å². The molecular formula is C22H27N3O4S. The molecule has 7 nitrogen and oxygen atoms in total. The van der Waals surface area contributed by atoms with E-state index in [2.05, 4.69) is 15.3 Å². The number of rotatable bonds is 7. The zero-order valence-corrected chi connectivity index (χ0v) is 17.7. The molecule has 1 aromatic carbocycles. The van der Waals surface area contributed by atoms with Crippen LogP contribution in [0.1, 0.15) is 50.0 Å². The topological polar surface area (TPSA) is 98.2 Å². The lowest BCUT2D eigenvalue weighted by molar-refractivity contribution is -0.118. The van der Waals surface area contributed by atoms with Crippen molar-refractivity contribution in [1.82, 2.24) is 9.97 Å². The summed E-state index contributed by atoms with van der Waals surface area (Å²) >= 11 is 0. The van der Waals surface area contributed by atoms with Gasteiger partial charge in [-0.1, -0.05) is 18.6 Å². The summed E-state index contributed by atoms with van der Waals surface area (Å²) in [4.78, 5) is 21.4. The van der Waals surface area contributed by atoms with Gasteiger partial charge in [-0.05, 0) is 61.8 Å². The third-order valence-corrected chi connectivity index (χ3v) is 8.44. The quantitative estimate of drug-likeness (QED) is 0.725. The van der Waals surface area contributed by atoms with Crippen molar-refractivity contribution < 1.29 is 17.9 Å². The number of hydrogen-bond acceptors (Lipinski definition) is 6.